The average Bonchev–Trinajstić information content (AvgIpc) is 2.67. The lowest BCUT2D eigenvalue weighted by atomic mass is 9.95. The average molecular weight is 374 g/mol. The number of nitrogens with zero attached hydrogens (tertiary/aromatic N) is 2. The molecule has 0 aromatic heterocycles. The van der Waals surface area contributed by atoms with Crippen molar-refractivity contribution in [1.82, 2.24) is 5.32 Å². The van der Waals surface area contributed by atoms with Gasteiger partial charge in [-0.3, -0.25) is 4.79 Å². The molecule has 1 fully saturated rings. The number of benzene rings is 1. The lowest BCUT2D eigenvalue weighted by Crippen LogP contribution is -2.32. The van der Waals surface area contributed by atoms with Crippen LogP contribution in [0.15, 0.2) is 41.0 Å². The maximum Gasteiger partial charge on any atom is 0.253 e. The molecular weight excluding hydrogens is 350 g/mol. The Kier molecular flexibility index (Phi) is 11.8. The molecule has 1 amide bonds. The molecule has 138 valence electrons. The van der Waals surface area contributed by atoms with E-state index in [-0.39, 0.29) is 11.4 Å². The number of terminal acetylenes is 1. The number of nitriles is 1. The number of aliphatic imine (C=N–C) groups is 1. The van der Waals surface area contributed by atoms with Crippen molar-refractivity contribution in [2.45, 2.75) is 38.1 Å². The van der Waals surface area contributed by atoms with Gasteiger partial charge in [-0.05, 0) is 37.1 Å². The summed E-state index contributed by atoms with van der Waals surface area (Å²) in [4.78, 5) is 15.8. The Balaban J connectivity index is 0.00000146. The van der Waals surface area contributed by atoms with Crippen molar-refractivity contribution in [1.29, 1.82) is 5.26 Å². The van der Waals surface area contributed by atoms with Crippen LogP contribution in [0.3, 0.4) is 0 Å². The van der Waals surface area contributed by atoms with Gasteiger partial charge in [-0.1, -0.05) is 30.9 Å². The van der Waals surface area contributed by atoms with E-state index >= 15 is 0 Å². The van der Waals surface area contributed by atoms with E-state index in [4.69, 9.17) is 28.3 Å². The maximum atomic E-state index is 11.6. The highest BCUT2D eigenvalue weighted by atomic mass is 35.5. The normalized spacial score (nSPS) is 14.8. The van der Waals surface area contributed by atoms with E-state index in [1.165, 1.54) is 19.3 Å². The molecule has 0 heterocycles. The SMILES string of the molecule is C#C.C#N.NC(=O)/C(=C/NC1CCCCC1)C(N)=Nc1ccc(Cl)cc1. The Bertz CT molecular complexity index is 650. The lowest BCUT2D eigenvalue weighted by molar-refractivity contribution is -0.114. The summed E-state index contributed by atoms with van der Waals surface area (Å²) >= 11 is 5.82. The van der Waals surface area contributed by atoms with Crippen LogP contribution < -0.4 is 16.8 Å². The van der Waals surface area contributed by atoms with Crippen molar-refractivity contribution in [3.63, 3.8) is 0 Å². The highest BCUT2D eigenvalue weighted by Crippen LogP contribution is 2.18. The van der Waals surface area contributed by atoms with Crippen molar-refractivity contribution in [2.24, 2.45) is 16.5 Å². The summed E-state index contributed by atoms with van der Waals surface area (Å²) in [6.45, 7) is 3.50. The van der Waals surface area contributed by atoms with Crippen molar-refractivity contribution in [3.8, 4) is 19.4 Å². The third-order valence-electron chi connectivity index (χ3n) is 3.69. The molecule has 7 heteroatoms. The molecule has 0 unspecified atom stereocenters. The number of amides is 1. The molecule has 6 nitrogen and oxygen atoms in total. The molecule has 0 bridgehead atoms. The van der Waals surface area contributed by atoms with Gasteiger partial charge in [0.05, 0.1) is 11.3 Å². The topological polar surface area (TPSA) is 117 Å². The van der Waals surface area contributed by atoms with E-state index in [1.807, 2.05) is 0 Å². The first kappa shape index (κ1) is 23.0. The second-order valence-corrected chi connectivity index (χ2v) is 5.83. The Labute approximate surface area is 159 Å². The van der Waals surface area contributed by atoms with E-state index < -0.39 is 5.91 Å². The Morgan fingerprint density at radius 1 is 1.15 bits per heavy atom. The molecule has 0 spiro atoms. The van der Waals surface area contributed by atoms with Crippen molar-refractivity contribution in [3.05, 3.63) is 41.1 Å². The van der Waals surface area contributed by atoms with Gasteiger partial charge in [0.15, 0.2) is 0 Å². The summed E-state index contributed by atoms with van der Waals surface area (Å²) in [7, 11) is 0. The molecule has 26 heavy (non-hydrogen) atoms. The molecule has 0 atom stereocenters. The molecule has 0 radical (unpaired) electrons. The number of carbonyl (C=O) groups is 1. The number of hydrogen-bond acceptors (Lipinski definition) is 4. The van der Waals surface area contributed by atoms with Crippen LogP contribution in [-0.2, 0) is 4.79 Å². The number of hydrogen-bond donors (Lipinski definition) is 3. The van der Waals surface area contributed by atoms with Gasteiger partial charge >= 0.3 is 0 Å². The number of carbonyl (C=O) groups excluding carboxylic acids is 1. The lowest BCUT2D eigenvalue weighted by Gasteiger charge is -2.22. The number of nitrogens with two attached hydrogens (primary N) is 2. The Morgan fingerprint density at radius 2 is 1.69 bits per heavy atom. The Morgan fingerprint density at radius 3 is 2.19 bits per heavy atom. The standard InChI is InChI=1S/C16H21ClN4O.C2H2.CHN/c17-11-6-8-13(9-7-11)21-15(18)14(16(19)22)10-20-12-4-2-1-3-5-12;2*1-2/h6-10,12,20H,1-5H2,(H2,18,21)(H2,19,22);1-2H;1H/b14-10+;;. The number of amidine groups is 1. The van der Waals surface area contributed by atoms with Crippen LogP contribution >= 0.6 is 11.6 Å². The van der Waals surface area contributed by atoms with Crippen LogP contribution in [-0.4, -0.2) is 17.8 Å². The fraction of sp³-hybridized carbons (Fsp3) is 0.316. The fourth-order valence-corrected chi connectivity index (χ4v) is 2.58. The summed E-state index contributed by atoms with van der Waals surface area (Å²) < 4.78 is 0. The van der Waals surface area contributed by atoms with Gasteiger partial charge in [-0.2, -0.15) is 0 Å². The molecule has 2 rings (SSSR count). The second-order valence-electron chi connectivity index (χ2n) is 5.40. The number of nitrogens with one attached hydrogen (secondary N) is 1. The van der Waals surface area contributed by atoms with Crippen LogP contribution in [0.25, 0.3) is 0 Å². The second kappa shape index (κ2) is 13.3. The highest BCUT2D eigenvalue weighted by Gasteiger charge is 2.14. The van der Waals surface area contributed by atoms with Gasteiger partial charge in [0.2, 0.25) is 0 Å². The fourth-order valence-electron chi connectivity index (χ4n) is 2.46. The van der Waals surface area contributed by atoms with Gasteiger partial charge in [-0.25, -0.2) is 10.3 Å². The van der Waals surface area contributed by atoms with Crippen LogP contribution in [0.4, 0.5) is 5.69 Å². The quantitative estimate of drug-likeness (QED) is 0.318. The van der Waals surface area contributed by atoms with E-state index in [9.17, 15) is 4.79 Å². The predicted molar refractivity (Wildman–Crippen MR) is 107 cm³/mol. The minimum Gasteiger partial charge on any atom is -0.387 e. The van der Waals surface area contributed by atoms with Crippen molar-refractivity contribution >= 4 is 29.0 Å². The number of primary amides is 1. The largest absolute Gasteiger partial charge is 0.387 e. The minimum atomic E-state index is -0.599. The van der Waals surface area contributed by atoms with E-state index in [1.54, 1.807) is 30.5 Å². The summed E-state index contributed by atoms with van der Waals surface area (Å²) in [5.41, 5.74) is 12.1. The smallest absolute Gasteiger partial charge is 0.253 e. The van der Waals surface area contributed by atoms with Crippen LogP contribution in [0.2, 0.25) is 5.02 Å². The summed E-state index contributed by atoms with van der Waals surface area (Å²) in [5.74, 6) is -0.503. The molecule has 0 aliphatic heterocycles. The van der Waals surface area contributed by atoms with Crippen LogP contribution in [0.1, 0.15) is 32.1 Å². The van der Waals surface area contributed by atoms with E-state index in [2.05, 4.69) is 29.7 Å². The first-order valence-electron chi connectivity index (χ1n) is 8.01. The molecule has 0 saturated heterocycles. The van der Waals surface area contributed by atoms with E-state index in [0.29, 0.717) is 16.8 Å². The minimum absolute atomic E-state index is 0.0955. The van der Waals surface area contributed by atoms with Crippen LogP contribution in [0, 0.1) is 24.7 Å². The van der Waals surface area contributed by atoms with Crippen molar-refractivity contribution in [2.75, 3.05) is 0 Å². The molecule has 1 aromatic carbocycles. The van der Waals surface area contributed by atoms with Crippen molar-refractivity contribution < 1.29 is 4.79 Å². The third-order valence-corrected chi connectivity index (χ3v) is 3.94. The highest BCUT2D eigenvalue weighted by molar-refractivity contribution is 6.30. The first-order chi connectivity index (χ1) is 12.6. The van der Waals surface area contributed by atoms with Gasteiger partial charge < -0.3 is 16.8 Å². The van der Waals surface area contributed by atoms with Gasteiger partial charge in [0.25, 0.3) is 5.91 Å². The third kappa shape index (κ3) is 8.23. The van der Waals surface area contributed by atoms with Crippen LogP contribution in [0.5, 0.6) is 0 Å². The Hall–Kier alpha value is -2.96. The van der Waals surface area contributed by atoms with Gasteiger partial charge in [0, 0.05) is 23.8 Å². The maximum absolute atomic E-state index is 11.6. The molecular formula is C19H24ClN5O. The summed E-state index contributed by atoms with van der Waals surface area (Å²) in [5, 5.41) is 10.3. The zero-order valence-corrected chi connectivity index (χ0v) is 15.3. The monoisotopic (exact) mass is 373 g/mol. The zero-order chi connectivity index (χ0) is 19.9. The predicted octanol–water partition coefficient (Wildman–Crippen LogP) is 3.01. The molecule has 1 saturated carbocycles. The number of rotatable bonds is 5. The van der Waals surface area contributed by atoms with Gasteiger partial charge in [0.1, 0.15) is 5.84 Å². The summed E-state index contributed by atoms with van der Waals surface area (Å²) in [6, 6.07) is 7.24. The number of halogens is 1. The summed E-state index contributed by atoms with van der Waals surface area (Å²) in [6.07, 6.45) is 15.4. The zero-order valence-electron chi connectivity index (χ0n) is 14.6. The molecule has 1 aliphatic carbocycles. The molecule has 1 aliphatic rings. The molecule has 1 aromatic rings. The molecule has 5 N–H and O–H groups in total. The van der Waals surface area contributed by atoms with E-state index in [0.717, 1.165) is 12.8 Å². The van der Waals surface area contributed by atoms with Gasteiger partial charge in [-0.15, -0.1) is 12.8 Å². The first-order valence-corrected chi connectivity index (χ1v) is 8.39.